The number of hydrogen-bond donors (Lipinski definition) is 1. The molecule has 0 atom stereocenters. The summed E-state index contributed by atoms with van der Waals surface area (Å²) in [7, 11) is 0. The van der Waals surface area contributed by atoms with Crippen molar-refractivity contribution in [3.8, 4) is 0 Å². The summed E-state index contributed by atoms with van der Waals surface area (Å²) in [4.78, 5) is 28.4. The second-order valence-corrected chi connectivity index (χ2v) is 7.75. The van der Waals surface area contributed by atoms with Crippen molar-refractivity contribution in [2.75, 3.05) is 18.0 Å². The van der Waals surface area contributed by atoms with Crippen LogP contribution in [0.25, 0.3) is 6.08 Å². The van der Waals surface area contributed by atoms with E-state index in [-0.39, 0.29) is 18.4 Å². The van der Waals surface area contributed by atoms with Gasteiger partial charge in [0, 0.05) is 16.5 Å². The molecule has 2 aromatic carbocycles. The van der Waals surface area contributed by atoms with E-state index in [4.69, 9.17) is 11.6 Å². The molecular weight excluding hydrogens is 380 g/mol. The molecule has 1 heterocycles. The van der Waals surface area contributed by atoms with Crippen molar-refractivity contribution in [1.82, 2.24) is 5.32 Å². The largest absolute Gasteiger partial charge is 0.355 e. The molecule has 3 rings (SSSR count). The third-order valence-corrected chi connectivity index (χ3v) is 5.45. The van der Waals surface area contributed by atoms with Crippen molar-refractivity contribution in [2.24, 2.45) is 0 Å². The minimum atomic E-state index is -0.177. The average Bonchev–Trinajstić information content (AvgIpc) is 2.65. The molecule has 0 aromatic heterocycles. The summed E-state index contributed by atoms with van der Waals surface area (Å²) in [6.45, 7) is 2.70. The van der Waals surface area contributed by atoms with Gasteiger partial charge in [-0.3, -0.25) is 14.5 Å². The highest BCUT2D eigenvalue weighted by Crippen LogP contribution is 2.41. The number of nitrogens with one attached hydrogen (secondary N) is 1. The molecule has 2 aromatic rings. The molecule has 27 heavy (non-hydrogen) atoms. The van der Waals surface area contributed by atoms with E-state index in [1.54, 1.807) is 11.0 Å². The zero-order valence-corrected chi connectivity index (χ0v) is 16.6. The van der Waals surface area contributed by atoms with E-state index in [9.17, 15) is 9.59 Å². The fraction of sp³-hybridized carbons (Fsp3) is 0.238. The summed E-state index contributed by atoms with van der Waals surface area (Å²) in [5.74, 6) is -0.329. The number of anilines is 1. The predicted molar refractivity (Wildman–Crippen MR) is 112 cm³/mol. The number of carbonyl (C=O) groups excluding carboxylic acids is 2. The molecule has 0 spiro atoms. The fourth-order valence-corrected chi connectivity index (χ4v) is 4.03. The van der Waals surface area contributed by atoms with Crippen molar-refractivity contribution in [2.45, 2.75) is 24.7 Å². The minimum Gasteiger partial charge on any atom is -0.355 e. The normalized spacial score (nSPS) is 15.0. The Kier molecular flexibility index (Phi) is 6.58. The summed E-state index contributed by atoms with van der Waals surface area (Å²) < 4.78 is 0. The van der Waals surface area contributed by atoms with Crippen molar-refractivity contribution >= 4 is 46.9 Å². The van der Waals surface area contributed by atoms with Gasteiger partial charge in [0.2, 0.25) is 5.91 Å². The number of carbonyl (C=O) groups is 2. The SMILES string of the molecule is CCCCNC(=O)CN1C(=O)/C(=C/c2cccc(Cl)c2)Sc2ccccc21. The van der Waals surface area contributed by atoms with Crippen LogP contribution in [0.1, 0.15) is 25.3 Å². The zero-order valence-electron chi connectivity index (χ0n) is 15.1. The Morgan fingerprint density at radius 2 is 2.04 bits per heavy atom. The monoisotopic (exact) mass is 400 g/mol. The third-order valence-electron chi connectivity index (χ3n) is 4.13. The molecule has 1 aliphatic heterocycles. The zero-order chi connectivity index (χ0) is 19.2. The molecule has 2 amide bonds. The van der Waals surface area contributed by atoms with Crippen LogP contribution in [-0.4, -0.2) is 24.9 Å². The molecule has 0 aliphatic carbocycles. The van der Waals surface area contributed by atoms with Gasteiger partial charge >= 0.3 is 0 Å². The quantitative estimate of drug-likeness (QED) is 0.563. The topological polar surface area (TPSA) is 49.4 Å². The highest BCUT2D eigenvalue weighted by molar-refractivity contribution is 8.04. The lowest BCUT2D eigenvalue weighted by Crippen LogP contribution is -2.42. The third kappa shape index (κ3) is 4.93. The van der Waals surface area contributed by atoms with E-state index in [2.05, 4.69) is 12.2 Å². The lowest BCUT2D eigenvalue weighted by Gasteiger charge is -2.29. The van der Waals surface area contributed by atoms with Gasteiger partial charge in [-0.2, -0.15) is 0 Å². The van der Waals surface area contributed by atoms with Crippen LogP contribution in [0.2, 0.25) is 5.02 Å². The van der Waals surface area contributed by atoms with Crippen LogP contribution in [0.4, 0.5) is 5.69 Å². The number of thioether (sulfide) groups is 1. The first-order valence-electron chi connectivity index (χ1n) is 8.91. The summed E-state index contributed by atoms with van der Waals surface area (Å²) in [6.07, 6.45) is 3.75. The number of fused-ring (bicyclic) bond motifs is 1. The maximum absolute atomic E-state index is 13.1. The van der Waals surface area contributed by atoms with Crippen LogP contribution < -0.4 is 10.2 Å². The van der Waals surface area contributed by atoms with Gasteiger partial charge < -0.3 is 5.32 Å². The maximum atomic E-state index is 13.1. The van der Waals surface area contributed by atoms with Crippen LogP contribution in [0.5, 0.6) is 0 Å². The molecule has 1 N–H and O–H groups in total. The van der Waals surface area contributed by atoms with Gasteiger partial charge in [-0.15, -0.1) is 0 Å². The van der Waals surface area contributed by atoms with Crippen molar-refractivity contribution < 1.29 is 9.59 Å². The molecule has 0 saturated heterocycles. The number of rotatable bonds is 6. The Bertz CT molecular complexity index is 882. The predicted octanol–water partition coefficient (Wildman–Crippen LogP) is 4.74. The smallest absolute Gasteiger partial charge is 0.265 e. The van der Waals surface area contributed by atoms with E-state index >= 15 is 0 Å². The number of benzene rings is 2. The van der Waals surface area contributed by atoms with E-state index in [0.29, 0.717) is 16.5 Å². The fourth-order valence-electron chi connectivity index (χ4n) is 2.77. The number of nitrogens with zero attached hydrogens (tertiary/aromatic N) is 1. The van der Waals surface area contributed by atoms with Crippen LogP contribution in [0.15, 0.2) is 58.3 Å². The molecule has 0 bridgehead atoms. The summed E-state index contributed by atoms with van der Waals surface area (Å²) in [5, 5.41) is 3.49. The number of amides is 2. The van der Waals surface area contributed by atoms with E-state index in [1.807, 2.05) is 48.5 Å². The van der Waals surface area contributed by atoms with E-state index in [1.165, 1.54) is 11.8 Å². The molecule has 0 saturated carbocycles. The highest BCUT2D eigenvalue weighted by Gasteiger charge is 2.30. The molecule has 1 aliphatic rings. The lowest BCUT2D eigenvalue weighted by atomic mass is 10.2. The number of halogens is 1. The Labute approximate surface area is 168 Å². The van der Waals surface area contributed by atoms with Crippen LogP contribution in [0.3, 0.4) is 0 Å². The standard InChI is InChI=1S/C21H21ClN2O2S/c1-2-3-11-23-20(25)14-24-17-9-4-5-10-18(17)27-19(21(24)26)13-15-7-6-8-16(22)12-15/h4-10,12-13H,2-3,11,14H2,1H3,(H,23,25)/b19-13-. The van der Waals surface area contributed by atoms with Gasteiger partial charge in [0.25, 0.3) is 5.91 Å². The first-order chi connectivity index (χ1) is 13.1. The van der Waals surface area contributed by atoms with Crippen molar-refractivity contribution in [3.63, 3.8) is 0 Å². The van der Waals surface area contributed by atoms with Gasteiger partial charge in [-0.1, -0.05) is 61.0 Å². The highest BCUT2D eigenvalue weighted by atomic mass is 35.5. The molecule has 0 radical (unpaired) electrons. The summed E-state index contributed by atoms with van der Waals surface area (Å²) in [6, 6.07) is 15.0. The molecular formula is C21H21ClN2O2S. The Hall–Kier alpha value is -2.24. The van der Waals surface area contributed by atoms with Crippen LogP contribution >= 0.6 is 23.4 Å². The number of hydrogen-bond acceptors (Lipinski definition) is 3. The van der Waals surface area contributed by atoms with Crippen molar-refractivity contribution in [1.29, 1.82) is 0 Å². The Balaban J connectivity index is 1.87. The van der Waals surface area contributed by atoms with E-state index < -0.39 is 0 Å². The second-order valence-electron chi connectivity index (χ2n) is 6.23. The maximum Gasteiger partial charge on any atom is 0.265 e. The molecule has 0 unspecified atom stereocenters. The second kappa shape index (κ2) is 9.11. The molecule has 140 valence electrons. The van der Waals surface area contributed by atoms with E-state index in [0.717, 1.165) is 29.0 Å². The van der Waals surface area contributed by atoms with Gasteiger partial charge in [-0.05, 0) is 42.3 Å². The van der Waals surface area contributed by atoms with Gasteiger partial charge in [0.05, 0.1) is 10.6 Å². The molecule has 0 fully saturated rings. The number of unbranched alkanes of at least 4 members (excludes halogenated alkanes) is 1. The van der Waals surface area contributed by atoms with Gasteiger partial charge in [-0.25, -0.2) is 0 Å². The number of para-hydroxylation sites is 1. The molecule has 4 nitrogen and oxygen atoms in total. The van der Waals surface area contributed by atoms with Crippen LogP contribution in [-0.2, 0) is 9.59 Å². The first kappa shape index (κ1) is 19.5. The lowest BCUT2D eigenvalue weighted by molar-refractivity contribution is -0.122. The Morgan fingerprint density at radius 1 is 1.22 bits per heavy atom. The van der Waals surface area contributed by atoms with Gasteiger partial charge in [0.1, 0.15) is 6.54 Å². The summed E-state index contributed by atoms with van der Waals surface area (Å²) >= 11 is 7.47. The summed E-state index contributed by atoms with van der Waals surface area (Å²) in [5.41, 5.74) is 1.62. The average molecular weight is 401 g/mol. The minimum absolute atomic E-state index is 0.00695. The Morgan fingerprint density at radius 3 is 2.81 bits per heavy atom. The molecule has 6 heteroatoms. The first-order valence-corrected chi connectivity index (χ1v) is 10.1. The van der Waals surface area contributed by atoms with Crippen molar-refractivity contribution in [3.05, 3.63) is 64.0 Å². The van der Waals surface area contributed by atoms with Gasteiger partial charge in [0.15, 0.2) is 0 Å². The van der Waals surface area contributed by atoms with Crippen LogP contribution in [0, 0.1) is 0 Å².